The van der Waals surface area contributed by atoms with E-state index in [4.69, 9.17) is 32.2 Å². The topological polar surface area (TPSA) is 107 Å². The van der Waals surface area contributed by atoms with Crippen molar-refractivity contribution in [2.24, 2.45) is 0 Å². The van der Waals surface area contributed by atoms with E-state index in [1.807, 2.05) is 0 Å². The van der Waals surface area contributed by atoms with Crippen molar-refractivity contribution in [1.82, 2.24) is 10.2 Å². The highest BCUT2D eigenvalue weighted by molar-refractivity contribution is 7.62. The van der Waals surface area contributed by atoms with Crippen LogP contribution >= 0.6 is 30.8 Å². The molecule has 8 nitrogen and oxygen atoms in total. The van der Waals surface area contributed by atoms with Crippen molar-refractivity contribution < 1.29 is 18.5 Å². The number of alkyl halides is 2. The molecule has 2 aromatic rings. The minimum atomic E-state index is -4.06. The number of nitrogens with zero attached hydrogens (tertiary/aromatic N) is 2. The number of hydrogen-bond acceptors (Lipinski definition) is 6. The number of H-pyrrole nitrogens is 1. The van der Waals surface area contributed by atoms with Crippen molar-refractivity contribution in [3.8, 4) is 11.3 Å². The SMILES string of the molecule is O=[N+]([O-])c1[nH]nc(-c2ccccc2)c1P(=O)(OCCCl)OCCCl. The summed E-state index contributed by atoms with van der Waals surface area (Å²) >= 11 is 11.2. The van der Waals surface area contributed by atoms with Crippen LogP contribution in [0.4, 0.5) is 5.82 Å². The molecule has 1 heterocycles. The Kier molecular flexibility index (Phi) is 6.77. The van der Waals surface area contributed by atoms with Crippen LogP contribution in [0, 0.1) is 10.1 Å². The van der Waals surface area contributed by atoms with Crippen LogP contribution in [0.2, 0.25) is 0 Å². The summed E-state index contributed by atoms with van der Waals surface area (Å²) in [7, 11) is -4.06. The van der Waals surface area contributed by atoms with Crippen LogP contribution in [-0.2, 0) is 13.6 Å². The zero-order chi connectivity index (χ0) is 17.6. The standard InChI is InChI=1S/C13H14Cl2N3O5P/c14-6-8-22-24(21,23-9-7-15)12-11(10-4-2-1-3-5-10)16-17-13(12)18(19)20/h1-5H,6-9H2,(H,16,17). The molecule has 0 unspecified atom stereocenters. The van der Waals surface area contributed by atoms with Gasteiger partial charge in [-0.1, -0.05) is 35.4 Å². The maximum Gasteiger partial charge on any atom is 0.372 e. The summed E-state index contributed by atoms with van der Waals surface area (Å²) < 4.78 is 23.7. The van der Waals surface area contributed by atoms with E-state index < -0.39 is 18.3 Å². The molecule has 24 heavy (non-hydrogen) atoms. The van der Waals surface area contributed by atoms with E-state index in [1.54, 1.807) is 30.3 Å². The third-order valence-corrected chi connectivity index (χ3v) is 5.23. The third kappa shape index (κ3) is 4.15. The molecule has 0 saturated carbocycles. The van der Waals surface area contributed by atoms with E-state index in [2.05, 4.69) is 10.2 Å². The Labute approximate surface area is 147 Å². The quantitative estimate of drug-likeness (QED) is 0.303. The van der Waals surface area contributed by atoms with Gasteiger partial charge in [0.15, 0.2) is 5.30 Å². The Bertz CT molecular complexity index is 728. The Morgan fingerprint density at radius 1 is 1.17 bits per heavy atom. The Balaban J connectivity index is 2.60. The summed E-state index contributed by atoms with van der Waals surface area (Å²) in [6.45, 7) is -0.227. The zero-order valence-corrected chi connectivity index (χ0v) is 14.8. The maximum absolute atomic E-state index is 13.2. The number of nitrogens with one attached hydrogen (secondary N) is 1. The fourth-order valence-electron chi connectivity index (χ4n) is 1.99. The Morgan fingerprint density at radius 2 is 1.75 bits per heavy atom. The highest BCUT2D eigenvalue weighted by Crippen LogP contribution is 2.51. The predicted octanol–water partition coefficient (Wildman–Crippen LogP) is 3.31. The molecular formula is C13H14Cl2N3O5P. The van der Waals surface area contributed by atoms with Gasteiger partial charge in [-0.2, -0.15) is 0 Å². The summed E-state index contributed by atoms with van der Waals surface area (Å²) in [6.07, 6.45) is 0. The van der Waals surface area contributed by atoms with Crippen molar-refractivity contribution in [2.45, 2.75) is 0 Å². The Morgan fingerprint density at radius 3 is 2.25 bits per heavy atom. The van der Waals surface area contributed by atoms with E-state index in [1.165, 1.54) is 0 Å². The summed E-state index contributed by atoms with van der Waals surface area (Å²) in [5.41, 5.74) is 0.649. The van der Waals surface area contributed by atoms with Gasteiger partial charge in [0.25, 0.3) is 0 Å². The first-order valence-corrected chi connectivity index (χ1v) is 9.44. The molecule has 0 amide bonds. The van der Waals surface area contributed by atoms with E-state index in [9.17, 15) is 14.7 Å². The van der Waals surface area contributed by atoms with Gasteiger partial charge in [0.2, 0.25) is 0 Å². The second-order valence-electron chi connectivity index (χ2n) is 4.43. The molecule has 0 aliphatic heterocycles. The molecule has 130 valence electrons. The minimum absolute atomic E-state index is 0.0422. The van der Waals surface area contributed by atoms with Gasteiger partial charge < -0.3 is 19.2 Å². The van der Waals surface area contributed by atoms with Gasteiger partial charge in [-0.3, -0.25) is 4.57 Å². The molecule has 1 N–H and O–H groups in total. The van der Waals surface area contributed by atoms with Crippen LogP contribution in [0.1, 0.15) is 0 Å². The first-order valence-electron chi connectivity index (χ1n) is 6.83. The molecule has 0 radical (unpaired) electrons. The molecule has 2 rings (SSSR count). The lowest BCUT2D eigenvalue weighted by molar-refractivity contribution is -0.388. The van der Waals surface area contributed by atoms with Crippen molar-refractivity contribution >= 4 is 41.9 Å². The van der Waals surface area contributed by atoms with Crippen molar-refractivity contribution in [2.75, 3.05) is 25.0 Å². The lowest BCUT2D eigenvalue weighted by Gasteiger charge is -2.17. The molecule has 0 aliphatic carbocycles. The van der Waals surface area contributed by atoms with E-state index in [0.717, 1.165) is 0 Å². The monoisotopic (exact) mass is 393 g/mol. The van der Waals surface area contributed by atoms with Gasteiger partial charge in [0.05, 0.1) is 13.2 Å². The highest BCUT2D eigenvalue weighted by Gasteiger charge is 2.41. The fraction of sp³-hybridized carbons (Fsp3) is 0.308. The predicted molar refractivity (Wildman–Crippen MR) is 91.3 cm³/mol. The number of halogens is 2. The van der Waals surface area contributed by atoms with Crippen LogP contribution < -0.4 is 5.30 Å². The average molecular weight is 394 g/mol. The van der Waals surface area contributed by atoms with Crippen molar-refractivity contribution in [1.29, 1.82) is 0 Å². The number of rotatable bonds is 9. The normalized spacial score (nSPS) is 11.6. The fourth-order valence-corrected chi connectivity index (χ4v) is 4.18. The van der Waals surface area contributed by atoms with Crippen molar-refractivity contribution in [3.63, 3.8) is 0 Å². The number of hydrogen-bond donors (Lipinski definition) is 1. The van der Waals surface area contributed by atoms with Crippen LogP contribution in [-0.4, -0.2) is 40.1 Å². The molecule has 0 bridgehead atoms. The van der Waals surface area contributed by atoms with Crippen LogP contribution in [0.3, 0.4) is 0 Å². The van der Waals surface area contributed by atoms with E-state index >= 15 is 0 Å². The van der Waals surface area contributed by atoms with Gasteiger partial charge in [-0.05, 0) is 4.92 Å². The molecule has 1 aromatic heterocycles. The lowest BCUT2D eigenvalue weighted by atomic mass is 10.1. The second kappa shape index (κ2) is 8.60. The van der Waals surface area contributed by atoms with Gasteiger partial charge in [0, 0.05) is 17.3 Å². The molecule has 0 fully saturated rings. The van der Waals surface area contributed by atoms with Gasteiger partial charge >= 0.3 is 13.4 Å². The van der Waals surface area contributed by atoms with Crippen LogP contribution in [0.25, 0.3) is 11.3 Å². The summed E-state index contributed by atoms with van der Waals surface area (Å²) in [5, 5.41) is 17.3. The second-order valence-corrected chi connectivity index (χ2v) is 7.15. The average Bonchev–Trinajstić information content (AvgIpc) is 3.05. The number of benzene rings is 1. The van der Waals surface area contributed by atoms with Crippen LogP contribution in [0.5, 0.6) is 0 Å². The lowest BCUT2D eigenvalue weighted by Crippen LogP contribution is -2.16. The highest BCUT2D eigenvalue weighted by atomic mass is 35.5. The molecule has 11 heteroatoms. The number of nitro groups is 1. The first kappa shape index (κ1) is 18.9. The van der Waals surface area contributed by atoms with E-state index in [-0.39, 0.29) is 36.0 Å². The van der Waals surface area contributed by atoms with Gasteiger partial charge in [0.1, 0.15) is 5.69 Å². The molecular weight excluding hydrogens is 380 g/mol. The van der Waals surface area contributed by atoms with E-state index in [0.29, 0.717) is 5.56 Å². The van der Waals surface area contributed by atoms with Gasteiger partial charge in [-0.25, -0.2) is 0 Å². The molecule has 1 aromatic carbocycles. The molecule has 0 atom stereocenters. The third-order valence-electron chi connectivity index (χ3n) is 2.90. The molecule has 0 aliphatic rings. The maximum atomic E-state index is 13.2. The smallest absolute Gasteiger partial charge is 0.358 e. The Hall–Kier alpha value is -1.44. The minimum Gasteiger partial charge on any atom is -0.358 e. The first-order chi connectivity index (χ1) is 11.5. The van der Waals surface area contributed by atoms with Crippen molar-refractivity contribution in [3.05, 3.63) is 40.4 Å². The summed E-state index contributed by atoms with van der Waals surface area (Å²) in [4.78, 5) is 10.6. The largest absolute Gasteiger partial charge is 0.372 e. The molecule has 0 saturated heterocycles. The number of aromatic amines is 1. The molecule has 0 spiro atoms. The summed E-state index contributed by atoms with van der Waals surface area (Å²) in [6, 6.07) is 8.58. The summed E-state index contributed by atoms with van der Waals surface area (Å²) in [5.74, 6) is -0.470. The number of aromatic nitrogens is 2. The zero-order valence-electron chi connectivity index (χ0n) is 12.4. The van der Waals surface area contributed by atoms with Crippen LogP contribution in [0.15, 0.2) is 30.3 Å². The van der Waals surface area contributed by atoms with Gasteiger partial charge in [-0.15, -0.1) is 28.3 Å².